The molecule has 0 saturated carbocycles. The predicted molar refractivity (Wildman–Crippen MR) is 130 cm³/mol. The SMILES string of the molecule is CCCCCCCCCC=CC=CC=CC=CC=CC=CC(=O)Oc1ccccc1. The van der Waals surface area contributed by atoms with E-state index in [1.165, 1.54) is 57.4 Å². The van der Waals surface area contributed by atoms with E-state index >= 15 is 0 Å². The van der Waals surface area contributed by atoms with Crippen LogP contribution < -0.4 is 4.74 Å². The van der Waals surface area contributed by atoms with Crippen LogP contribution in [0.4, 0.5) is 0 Å². The zero-order chi connectivity index (χ0) is 21.5. The third-order valence-corrected chi connectivity index (χ3v) is 4.30. The molecule has 2 heteroatoms. The van der Waals surface area contributed by atoms with Crippen molar-refractivity contribution in [3.05, 3.63) is 103 Å². The number of hydrogen-bond donors (Lipinski definition) is 0. The largest absolute Gasteiger partial charge is 0.423 e. The molecule has 2 nitrogen and oxygen atoms in total. The van der Waals surface area contributed by atoms with Gasteiger partial charge in [-0.2, -0.15) is 0 Å². The first kappa shape index (κ1) is 25.2. The molecule has 0 N–H and O–H groups in total. The zero-order valence-corrected chi connectivity index (χ0v) is 18.3. The molecule has 0 radical (unpaired) electrons. The minimum absolute atomic E-state index is 0.389. The second kappa shape index (κ2) is 19.4. The van der Waals surface area contributed by atoms with Gasteiger partial charge < -0.3 is 4.74 Å². The third-order valence-electron chi connectivity index (χ3n) is 4.30. The van der Waals surface area contributed by atoms with Gasteiger partial charge in [-0.25, -0.2) is 4.79 Å². The van der Waals surface area contributed by atoms with Crippen molar-refractivity contribution < 1.29 is 9.53 Å². The van der Waals surface area contributed by atoms with Crippen molar-refractivity contribution >= 4 is 5.97 Å². The maximum absolute atomic E-state index is 11.6. The highest BCUT2D eigenvalue weighted by molar-refractivity contribution is 5.84. The van der Waals surface area contributed by atoms with Gasteiger partial charge in [0.2, 0.25) is 0 Å². The molecule has 1 aromatic rings. The molecule has 0 aromatic heterocycles. The van der Waals surface area contributed by atoms with Crippen molar-refractivity contribution in [1.29, 1.82) is 0 Å². The number of allylic oxidation sites excluding steroid dienone is 11. The molecule has 1 aromatic carbocycles. The summed E-state index contributed by atoms with van der Waals surface area (Å²) >= 11 is 0. The van der Waals surface area contributed by atoms with Crippen molar-refractivity contribution in [3.63, 3.8) is 0 Å². The van der Waals surface area contributed by atoms with E-state index in [1.807, 2.05) is 54.7 Å². The molecule has 0 saturated heterocycles. The molecule has 0 spiro atoms. The van der Waals surface area contributed by atoms with Crippen LogP contribution in [-0.4, -0.2) is 5.97 Å². The number of carbonyl (C=O) groups is 1. The third kappa shape index (κ3) is 16.1. The van der Waals surface area contributed by atoms with Crippen molar-refractivity contribution in [2.75, 3.05) is 0 Å². The molecule has 30 heavy (non-hydrogen) atoms. The minimum Gasteiger partial charge on any atom is -0.423 e. The molecule has 1 rings (SSSR count). The minimum atomic E-state index is -0.389. The number of esters is 1. The summed E-state index contributed by atoms with van der Waals surface area (Å²) in [6.07, 6.45) is 33.6. The smallest absolute Gasteiger partial charge is 0.336 e. The first-order valence-electron chi connectivity index (χ1n) is 11.1. The number of rotatable bonds is 15. The van der Waals surface area contributed by atoms with Crippen LogP contribution in [0.15, 0.2) is 103 Å². The first-order valence-corrected chi connectivity index (χ1v) is 11.1. The number of ether oxygens (including phenoxy) is 1. The van der Waals surface area contributed by atoms with Crippen LogP contribution in [0.2, 0.25) is 0 Å². The Kier molecular flexibility index (Phi) is 16.3. The van der Waals surface area contributed by atoms with Crippen molar-refractivity contribution in [3.8, 4) is 5.75 Å². The van der Waals surface area contributed by atoms with Gasteiger partial charge >= 0.3 is 5.97 Å². The highest BCUT2D eigenvalue weighted by Gasteiger charge is 1.97. The summed E-state index contributed by atoms with van der Waals surface area (Å²) in [4.78, 5) is 11.6. The quantitative estimate of drug-likeness (QED) is 0.0971. The first-order chi connectivity index (χ1) is 14.8. The summed E-state index contributed by atoms with van der Waals surface area (Å²) in [6, 6.07) is 9.02. The van der Waals surface area contributed by atoms with E-state index in [0.717, 1.165) is 0 Å². The predicted octanol–water partition coefficient (Wildman–Crippen LogP) is 8.07. The number of benzene rings is 1. The molecule has 0 aliphatic rings. The fraction of sp³-hybridized carbons (Fsp3) is 0.321. The number of unbranched alkanes of at least 4 members (excludes halogenated alkanes) is 7. The van der Waals surface area contributed by atoms with E-state index in [4.69, 9.17) is 4.74 Å². The highest BCUT2D eigenvalue weighted by Crippen LogP contribution is 2.09. The Morgan fingerprint density at radius 3 is 1.87 bits per heavy atom. The fourth-order valence-electron chi connectivity index (χ4n) is 2.68. The Bertz CT molecular complexity index is 718. The van der Waals surface area contributed by atoms with Crippen molar-refractivity contribution in [2.24, 2.45) is 0 Å². The lowest BCUT2D eigenvalue weighted by molar-refractivity contribution is -0.128. The number of para-hydroxylation sites is 1. The van der Waals surface area contributed by atoms with E-state index < -0.39 is 0 Å². The maximum atomic E-state index is 11.6. The van der Waals surface area contributed by atoms with Crippen LogP contribution in [0.5, 0.6) is 5.75 Å². The van der Waals surface area contributed by atoms with Crippen LogP contribution in [0.25, 0.3) is 0 Å². The molecule has 0 bridgehead atoms. The molecule has 0 heterocycles. The van der Waals surface area contributed by atoms with Crippen LogP contribution in [-0.2, 0) is 4.79 Å². The summed E-state index contributed by atoms with van der Waals surface area (Å²) in [6.45, 7) is 2.26. The molecule has 160 valence electrons. The van der Waals surface area contributed by atoms with E-state index in [0.29, 0.717) is 5.75 Å². The number of hydrogen-bond acceptors (Lipinski definition) is 2. The topological polar surface area (TPSA) is 26.3 Å². The molecule has 0 atom stereocenters. The second-order valence-electron chi connectivity index (χ2n) is 6.97. The van der Waals surface area contributed by atoms with Gasteiger partial charge in [0.25, 0.3) is 0 Å². The second-order valence-corrected chi connectivity index (χ2v) is 6.97. The normalized spacial score (nSPS) is 12.6. The van der Waals surface area contributed by atoms with Crippen LogP contribution in [0.1, 0.15) is 58.3 Å². The summed E-state index contributed by atoms with van der Waals surface area (Å²) in [7, 11) is 0. The molecular weight excluding hydrogens is 368 g/mol. The van der Waals surface area contributed by atoms with Crippen LogP contribution in [0.3, 0.4) is 0 Å². The lowest BCUT2D eigenvalue weighted by Crippen LogP contribution is -2.02. The van der Waals surface area contributed by atoms with Crippen molar-refractivity contribution in [1.82, 2.24) is 0 Å². The van der Waals surface area contributed by atoms with Gasteiger partial charge in [-0.05, 0) is 25.0 Å². The highest BCUT2D eigenvalue weighted by atomic mass is 16.5. The summed E-state index contributed by atoms with van der Waals surface area (Å²) in [5.74, 6) is 0.154. The van der Waals surface area contributed by atoms with Gasteiger partial charge in [-0.1, -0.05) is 130 Å². The van der Waals surface area contributed by atoms with Crippen LogP contribution >= 0.6 is 0 Å². The van der Waals surface area contributed by atoms with E-state index in [1.54, 1.807) is 24.3 Å². The summed E-state index contributed by atoms with van der Waals surface area (Å²) < 4.78 is 5.15. The Hall–Kier alpha value is -2.87. The van der Waals surface area contributed by atoms with Crippen LogP contribution in [0, 0.1) is 0 Å². The summed E-state index contributed by atoms with van der Waals surface area (Å²) in [5, 5.41) is 0. The van der Waals surface area contributed by atoms with Gasteiger partial charge in [-0.15, -0.1) is 0 Å². The Labute approximate surface area is 183 Å². The molecule has 0 aliphatic carbocycles. The Morgan fingerprint density at radius 1 is 0.700 bits per heavy atom. The average molecular weight is 405 g/mol. The molecular formula is C28H36O2. The Balaban J connectivity index is 2.06. The monoisotopic (exact) mass is 404 g/mol. The van der Waals surface area contributed by atoms with Gasteiger partial charge in [0.15, 0.2) is 0 Å². The molecule has 0 aliphatic heterocycles. The molecule has 0 amide bonds. The average Bonchev–Trinajstić information content (AvgIpc) is 2.76. The van der Waals surface area contributed by atoms with Gasteiger partial charge in [0.1, 0.15) is 5.75 Å². The van der Waals surface area contributed by atoms with E-state index in [-0.39, 0.29) is 5.97 Å². The Morgan fingerprint density at radius 2 is 1.23 bits per heavy atom. The number of carbonyl (C=O) groups excluding carboxylic acids is 1. The zero-order valence-electron chi connectivity index (χ0n) is 18.3. The lowest BCUT2D eigenvalue weighted by atomic mass is 10.1. The van der Waals surface area contributed by atoms with Gasteiger partial charge in [0, 0.05) is 6.08 Å². The summed E-state index contributed by atoms with van der Waals surface area (Å²) in [5.41, 5.74) is 0. The van der Waals surface area contributed by atoms with E-state index in [9.17, 15) is 4.79 Å². The van der Waals surface area contributed by atoms with E-state index in [2.05, 4.69) is 25.2 Å². The lowest BCUT2D eigenvalue weighted by Gasteiger charge is -1.98. The van der Waals surface area contributed by atoms with Gasteiger partial charge in [-0.3, -0.25) is 0 Å². The van der Waals surface area contributed by atoms with Crippen molar-refractivity contribution in [2.45, 2.75) is 58.3 Å². The van der Waals surface area contributed by atoms with Gasteiger partial charge in [0.05, 0.1) is 0 Å². The molecule has 0 unspecified atom stereocenters. The maximum Gasteiger partial charge on any atom is 0.336 e. The standard InChI is InChI=1S/C28H36O2/c1-2-3-4-5-6-7-8-9-10-11-12-13-14-15-16-17-18-19-23-26-28(29)30-27-24-21-20-22-25-27/h10-26H,2-9H2,1H3. The molecule has 0 fully saturated rings. The fourth-order valence-corrected chi connectivity index (χ4v) is 2.68.